The molecule has 0 bridgehead atoms. The normalized spacial score (nSPS) is 10.6. The number of rotatable bonds is 2. The summed E-state index contributed by atoms with van der Waals surface area (Å²) in [5.74, 6) is 1.07. The second-order valence-corrected chi connectivity index (χ2v) is 5.26. The van der Waals surface area contributed by atoms with E-state index in [1.54, 1.807) is 6.07 Å². The van der Waals surface area contributed by atoms with Crippen molar-refractivity contribution < 1.29 is 0 Å². The van der Waals surface area contributed by atoms with Gasteiger partial charge < -0.3 is 5.73 Å². The molecule has 0 unspecified atom stereocenters. The summed E-state index contributed by atoms with van der Waals surface area (Å²) >= 11 is 6.00. The lowest BCUT2D eigenvalue weighted by molar-refractivity contribution is 1.18. The van der Waals surface area contributed by atoms with Crippen LogP contribution in [0.2, 0.25) is 5.02 Å². The smallest absolute Gasteiger partial charge is 0.162 e. The minimum Gasteiger partial charge on any atom is -0.384 e. The van der Waals surface area contributed by atoms with E-state index in [1.165, 1.54) is 0 Å². The average molecular weight is 296 g/mol. The molecule has 0 aliphatic heterocycles. The summed E-state index contributed by atoms with van der Waals surface area (Å²) in [7, 11) is 0. The fourth-order valence-corrected chi connectivity index (χ4v) is 2.45. The fourth-order valence-electron chi connectivity index (χ4n) is 2.22. The minimum absolute atomic E-state index is 0.452. The number of hydrogen-bond acceptors (Lipinski definition) is 3. The Balaban J connectivity index is 2.14. The topological polar surface area (TPSA) is 51.8 Å². The second kappa shape index (κ2) is 5.54. The van der Waals surface area contributed by atoms with Crippen LogP contribution in [0.4, 0.5) is 5.82 Å². The first-order chi connectivity index (χ1) is 10.1. The van der Waals surface area contributed by atoms with Gasteiger partial charge >= 0.3 is 0 Å². The van der Waals surface area contributed by atoms with Gasteiger partial charge in [0.15, 0.2) is 5.82 Å². The van der Waals surface area contributed by atoms with Crippen molar-refractivity contribution in [1.82, 2.24) is 9.97 Å². The Bertz CT molecular complexity index is 785. The molecule has 0 fully saturated rings. The third kappa shape index (κ3) is 2.88. The van der Waals surface area contributed by atoms with Crippen LogP contribution in [0.15, 0.2) is 54.6 Å². The SMILES string of the molecule is Cc1cc(Cl)ccc1-c1nc(N)cc(-c2ccccc2)n1. The third-order valence-electron chi connectivity index (χ3n) is 3.24. The Morgan fingerprint density at radius 1 is 0.952 bits per heavy atom. The number of nitrogen functional groups attached to an aromatic ring is 1. The predicted octanol–water partition coefficient (Wildman–Crippen LogP) is 4.35. The maximum absolute atomic E-state index is 6.00. The highest BCUT2D eigenvalue weighted by Crippen LogP contribution is 2.26. The van der Waals surface area contributed by atoms with Gasteiger partial charge in [-0.05, 0) is 30.7 Å². The van der Waals surface area contributed by atoms with Crippen LogP contribution in [-0.4, -0.2) is 9.97 Å². The van der Waals surface area contributed by atoms with Crippen LogP contribution < -0.4 is 5.73 Å². The molecule has 0 radical (unpaired) electrons. The van der Waals surface area contributed by atoms with Gasteiger partial charge in [-0.2, -0.15) is 0 Å². The van der Waals surface area contributed by atoms with Gasteiger partial charge in [-0.3, -0.25) is 0 Å². The minimum atomic E-state index is 0.452. The van der Waals surface area contributed by atoms with Gasteiger partial charge in [0, 0.05) is 22.2 Å². The van der Waals surface area contributed by atoms with Crippen LogP contribution in [0.5, 0.6) is 0 Å². The summed E-state index contributed by atoms with van der Waals surface area (Å²) in [5, 5.41) is 0.698. The number of halogens is 1. The molecular weight excluding hydrogens is 282 g/mol. The second-order valence-electron chi connectivity index (χ2n) is 4.83. The highest BCUT2D eigenvalue weighted by molar-refractivity contribution is 6.30. The van der Waals surface area contributed by atoms with E-state index >= 15 is 0 Å². The number of benzene rings is 2. The maximum Gasteiger partial charge on any atom is 0.162 e. The molecule has 0 saturated heterocycles. The number of nitrogens with zero attached hydrogens (tertiary/aromatic N) is 2. The van der Waals surface area contributed by atoms with Gasteiger partial charge in [0.25, 0.3) is 0 Å². The summed E-state index contributed by atoms with van der Waals surface area (Å²) in [5.41, 5.74) is 9.72. The van der Waals surface area contributed by atoms with Crippen LogP contribution in [-0.2, 0) is 0 Å². The van der Waals surface area contributed by atoms with Crippen LogP contribution in [0, 0.1) is 6.92 Å². The standard InChI is InChI=1S/C17H14ClN3/c1-11-9-13(18)7-8-14(11)17-20-15(10-16(19)21-17)12-5-3-2-4-6-12/h2-10H,1H3,(H2,19,20,21). The van der Waals surface area contributed by atoms with Gasteiger partial charge in [0.1, 0.15) is 5.82 Å². The van der Waals surface area contributed by atoms with Crippen LogP contribution in [0.3, 0.4) is 0 Å². The van der Waals surface area contributed by atoms with Crippen molar-refractivity contribution in [1.29, 1.82) is 0 Å². The van der Waals surface area contributed by atoms with E-state index in [0.29, 0.717) is 16.7 Å². The van der Waals surface area contributed by atoms with Crippen molar-refractivity contribution in [3.63, 3.8) is 0 Å². The number of aromatic nitrogens is 2. The number of nitrogens with two attached hydrogens (primary N) is 1. The largest absolute Gasteiger partial charge is 0.384 e. The Labute approximate surface area is 128 Å². The predicted molar refractivity (Wildman–Crippen MR) is 87.1 cm³/mol. The molecule has 0 saturated carbocycles. The first-order valence-electron chi connectivity index (χ1n) is 6.60. The van der Waals surface area contributed by atoms with E-state index in [1.807, 2.05) is 55.5 Å². The van der Waals surface area contributed by atoms with Gasteiger partial charge in [-0.15, -0.1) is 0 Å². The Kier molecular flexibility index (Phi) is 3.59. The molecule has 3 nitrogen and oxygen atoms in total. The van der Waals surface area contributed by atoms with E-state index in [-0.39, 0.29) is 0 Å². The highest BCUT2D eigenvalue weighted by Gasteiger charge is 2.09. The van der Waals surface area contributed by atoms with Crippen molar-refractivity contribution in [2.45, 2.75) is 6.92 Å². The summed E-state index contributed by atoms with van der Waals surface area (Å²) in [4.78, 5) is 8.97. The third-order valence-corrected chi connectivity index (χ3v) is 3.48. The summed E-state index contributed by atoms with van der Waals surface area (Å²) < 4.78 is 0. The van der Waals surface area contributed by atoms with Crippen LogP contribution in [0.25, 0.3) is 22.6 Å². The Morgan fingerprint density at radius 3 is 2.43 bits per heavy atom. The van der Waals surface area contributed by atoms with E-state index in [2.05, 4.69) is 9.97 Å². The molecule has 0 spiro atoms. The van der Waals surface area contributed by atoms with E-state index in [4.69, 9.17) is 17.3 Å². The zero-order chi connectivity index (χ0) is 14.8. The number of aryl methyl sites for hydroxylation is 1. The van der Waals surface area contributed by atoms with Crippen molar-refractivity contribution >= 4 is 17.4 Å². The lowest BCUT2D eigenvalue weighted by Gasteiger charge is -2.08. The molecule has 1 heterocycles. The molecular formula is C17H14ClN3. The quantitative estimate of drug-likeness (QED) is 0.764. The van der Waals surface area contributed by atoms with Crippen molar-refractivity contribution in [3.05, 3.63) is 65.2 Å². The van der Waals surface area contributed by atoms with Crippen molar-refractivity contribution in [3.8, 4) is 22.6 Å². The van der Waals surface area contributed by atoms with E-state index in [9.17, 15) is 0 Å². The molecule has 2 N–H and O–H groups in total. The average Bonchev–Trinajstić information content (AvgIpc) is 2.47. The molecule has 21 heavy (non-hydrogen) atoms. The van der Waals surface area contributed by atoms with Crippen LogP contribution >= 0.6 is 11.6 Å². The molecule has 3 rings (SSSR count). The zero-order valence-electron chi connectivity index (χ0n) is 11.5. The summed E-state index contributed by atoms with van der Waals surface area (Å²) in [6, 6.07) is 17.3. The number of anilines is 1. The first kappa shape index (κ1) is 13.6. The summed E-state index contributed by atoms with van der Waals surface area (Å²) in [6.45, 7) is 1.98. The van der Waals surface area contributed by atoms with E-state index < -0.39 is 0 Å². The molecule has 1 aromatic heterocycles. The fraction of sp³-hybridized carbons (Fsp3) is 0.0588. The first-order valence-corrected chi connectivity index (χ1v) is 6.98. The molecule has 0 atom stereocenters. The molecule has 3 aromatic rings. The lowest BCUT2D eigenvalue weighted by atomic mass is 10.1. The molecule has 2 aromatic carbocycles. The molecule has 0 amide bonds. The Morgan fingerprint density at radius 2 is 1.71 bits per heavy atom. The highest BCUT2D eigenvalue weighted by atomic mass is 35.5. The number of hydrogen-bond donors (Lipinski definition) is 1. The van der Waals surface area contributed by atoms with Crippen LogP contribution in [0.1, 0.15) is 5.56 Å². The Hall–Kier alpha value is -2.39. The van der Waals surface area contributed by atoms with Gasteiger partial charge in [-0.25, -0.2) is 9.97 Å². The lowest BCUT2D eigenvalue weighted by Crippen LogP contribution is -1.99. The van der Waals surface area contributed by atoms with Crippen molar-refractivity contribution in [2.75, 3.05) is 5.73 Å². The van der Waals surface area contributed by atoms with Crippen molar-refractivity contribution in [2.24, 2.45) is 0 Å². The monoisotopic (exact) mass is 295 g/mol. The van der Waals surface area contributed by atoms with E-state index in [0.717, 1.165) is 22.4 Å². The molecule has 0 aliphatic carbocycles. The molecule has 104 valence electrons. The van der Waals surface area contributed by atoms with Gasteiger partial charge in [0.2, 0.25) is 0 Å². The summed E-state index contributed by atoms with van der Waals surface area (Å²) in [6.07, 6.45) is 0. The van der Waals surface area contributed by atoms with Gasteiger partial charge in [-0.1, -0.05) is 41.9 Å². The molecule has 0 aliphatic rings. The van der Waals surface area contributed by atoms with Gasteiger partial charge in [0.05, 0.1) is 5.69 Å². The molecule has 4 heteroatoms. The maximum atomic E-state index is 6.00. The zero-order valence-corrected chi connectivity index (χ0v) is 12.3.